The van der Waals surface area contributed by atoms with Gasteiger partial charge in [0.25, 0.3) is 5.91 Å². The van der Waals surface area contributed by atoms with Crippen LogP contribution < -0.4 is 11.1 Å². The molecular formula is C12H22N4O2. The van der Waals surface area contributed by atoms with Crippen LogP contribution in [0.3, 0.4) is 0 Å². The van der Waals surface area contributed by atoms with Crippen molar-refractivity contribution in [2.45, 2.75) is 45.7 Å². The summed E-state index contributed by atoms with van der Waals surface area (Å²) in [4.78, 5) is 12.2. The van der Waals surface area contributed by atoms with E-state index in [1.165, 1.54) is 6.20 Å². The van der Waals surface area contributed by atoms with E-state index in [4.69, 9.17) is 5.73 Å². The van der Waals surface area contributed by atoms with Gasteiger partial charge >= 0.3 is 0 Å². The van der Waals surface area contributed by atoms with Crippen molar-refractivity contribution < 1.29 is 9.90 Å². The molecule has 1 aromatic heterocycles. The van der Waals surface area contributed by atoms with E-state index in [1.807, 2.05) is 20.8 Å². The minimum Gasteiger partial charge on any atom is -0.396 e. The molecule has 0 saturated heterocycles. The van der Waals surface area contributed by atoms with Crippen molar-refractivity contribution in [2.75, 3.05) is 12.3 Å². The lowest BCUT2D eigenvalue weighted by molar-refractivity contribution is 0.0808. The number of aromatic nitrogens is 2. The summed E-state index contributed by atoms with van der Waals surface area (Å²) in [6.45, 7) is 6.24. The maximum absolute atomic E-state index is 12.2. The highest BCUT2D eigenvalue weighted by Gasteiger charge is 2.29. The largest absolute Gasteiger partial charge is 0.396 e. The smallest absolute Gasteiger partial charge is 0.272 e. The fourth-order valence-corrected chi connectivity index (χ4v) is 1.88. The third-order valence-electron chi connectivity index (χ3n) is 3.42. The summed E-state index contributed by atoms with van der Waals surface area (Å²) in [5.74, 6) is -0.287. The monoisotopic (exact) mass is 254 g/mol. The van der Waals surface area contributed by atoms with Crippen molar-refractivity contribution in [1.29, 1.82) is 0 Å². The lowest BCUT2D eigenvalue weighted by Gasteiger charge is -2.30. The molecule has 18 heavy (non-hydrogen) atoms. The van der Waals surface area contributed by atoms with E-state index in [0.717, 1.165) is 0 Å². The summed E-state index contributed by atoms with van der Waals surface area (Å²) < 4.78 is 1.55. The van der Waals surface area contributed by atoms with Gasteiger partial charge in [-0.05, 0) is 19.8 Å². The van der Waals surface area contributed by atoms with Gasteiger partial charge in [0.15, 0.2) is 0 Å². The molecule has 0 aliphatic heterocycles. The minimum absolute atomic E-state index is 0.0914. The highest BCUT2D eigenvalue weighted by atomic mass is 16.3. The van der Waals surface area contributed by atoms with Gasteiger partial charge in [-0.1, -0.05) is 13.8 Å². The normalized spacial score (nSPS) is 11.6. The molecule has 102 valence electrons. The first-order chi connectivity index (χ1) is 8.53. The first-order valence-electron chi connectivity index (χ1n) is 6.28. The third-order valence-corrected chi connectivity index (χ3v) is 3.42. The van der Waals surface area contributed by atoms with E-state index in [9.17, 15) is 9.90 Å². The average Bonchev–Trinajstić information content (AvgIpc) is 2.77. The minimum atomic E-state index is -0.591. The van der Waals surface area contributed by atoms with Gasteiger partial charge in [-0.25, -0.2) is 0 Å². The fraction of sp³-hybridized carbons (Fsp3) is 0.667. The first-order valence-corrected chi connectivity index (χ1v) is 6.28. The lowest BCUT2D eigenvalue weighted by atomic mass is 9.93. The van der Waals surface area contributed by atoms with E-state index in [0.29, 0.717) is 30.8 Å². The Kier molecular flexibility index (Phi) is 4.72. The van der Waals surface area contributed by atoms with Gasteiger partial charge in [0.2, 0.25) is 0 Å². The third kappa shape index (κ3) is 2.64. The molecule has 0 aromatic carbocycles. The zero-order chi connectivity index (χ0) is 13.8. The molecule has 0 spiro atoms. The van der Waals surface area contributed by atoms with Crippen molar-refractivity contribution in [2.24, 2.45) is 0 Å². The molecule has 1 amide bonds. The Morgan fingerprint density at radius 2 is 2.11 bits per heavy atom. The Morgan fingerprint density at radius 1 is 1.50 bits per heavy atom. The van der Waals surface area contributed by atoms with Gasteiger partial charge < -0.3 is 16.2 Å². The van der Waals surface area contributed by atoms with Crippen molar-refractivity contribution in [3.63, 3.8) is 0 Å². The molecule has 0 bridgehead atoms. The van der Waals surface area contributed by atoms with Crippen molar-refractivity contribution >= 4 is 11.6 Å². The van der Waals surface area contributed by atoms with Crippen molar-refractivity contribution in [3.05, 3.63) is 11.9 Å². The van der Waals surface area contributed by atoms with Gasteiger partial charge in [0.1, 0.15) is 5.69 Å². The van der Waals surface area contributed by atoms with Crippen LogP contribution in [0, 0.1) is 0 Å². The Morgan fingerprint density at radius 3 is 2.56 bits per heavy atom. The van der Waals surface area contributed by atoms with Crippen LogP contribution in [0.4, 0.5) is 5.69 Å². The SMILES string of the molecule is CCn1ncc(N)c1C(=O)NC(CC)(CC)CO. The number of carbonyl (C=O) groups excluding carboxylic acids is 1. The Balaban J connectivity index is 2.97. The van der Waals surface area contributed by atoms with E-state index in [2.05, 4.69) is 10.4 Å². The molecule has 0 radical (unpaired) electrons. The number of hydrogen-bond acceptors (Lipinski definition) is 4. The van der Waals surface area contributed by atoms with Crippen LogP contribution >= 0.6 is 0 Å². The number of aliphatic hydroxyl groups is 1. The van der Waals surface area contributed by atoms with Crippen LogP contribution in [0.1, 0.15) is 44.1 Å². The number of nitrogens with one attached hydrogen (secondary N) is 1. The number of anilines is 1. The standard InChI is InChI=1S/C12H22N4O2/c1-4-12(5-2,8-17)15-11(18)10-9(13)7-14-16(10)6-3/h7,17H,4-6,8,13H2,1-3H3,(H,15,18). The predicted molar refractivity (Wildman–Crippen MR) is 70.2 cm³/mol. The van der Waals surface area contributed by atoms with Crippen LogP contribution in [0.25, 0.3) is 0 Å². The molecule has 0 aliphatic rings. The zero-order valence-electron chi connectivity index (χ0n) is 11.2. The number of amides is 1. The van der Waals surface area contributed by atoms with Gasteiger partial charge in [-0.2, -0.15) is 5.10 Å². The highest BCUT2D eigenvalue weighted by Crippen LogP contribution is 2.17. The van der Waals surface area contributed by atoms with Crippen LogP contribution in [0.15, 0.2) is 6.20 Å². The molecule has 1 rings (SSSR count). The number of aryl methyl sites for hydroxylation is 1. The molecule has 4 N–H and O–H groups in total. The Bertz CT molecular complexity index is 402. The summed E-state index contributed by atoms with van der Waals surface area (Å²) in [6.07, 6.45) is 2.79. The Hall–Kier alpha value is -1.56. The van der Waals surface area contributed by atoms with Crippen LogP contribution in [-0.4, -0.2) is 32.9 Å². The fourth-order valence-electron chi connectivity index (χ4n) is 1.88. The number of hydrogen-bond donors (Lipinski definition) is 3. The Labute approximate surface area is 107 Å². The van der Waals surface area contributed by atoms with E-state index in [1.54, 1.807) is 4.68 Å². The molecule has 0 aliphatic carbocycles. The average molecular weight is 254 g/mol. The summed E-state index contributed by atoms with van der Waals surface area (Å²) >= 11 is 0. The molecule has 0 atom stereocenters. The van der Waals surface area contributed by atoms with Gasteiger partial charge in [0, 0.05) is 6.54 Å². The molecule has 1 aromatic rings. The van der Waals surface area contributed by atoms with Gasteiger partial charge in [-0.3, -0.25) is 9.48 Å². The van der Waals surface area contributed by atoms with E-state index >= 15 is 0 Å². The second-order valence-electron chi connectivity index (χ2n) is 4.36. The van der Waals surface area contributed by atoms with Gasteiger partial charge in [-0.15, -0.1) is 0 Å². The number of nitrogen functional groups attached to an aromatic ring is 1. The molecule has 0 unspecified atom stereocenters. The topological polar surface area (TPSA) is 93.2 Å². The maximum atomic E-state index is 12.2. The number of rotatable bonds is 6. The lowest BCUT2D eigenvalue weighted by Crippen LogP contribution is -2.51. The quantitative estimate of drug-likeness (QED) is 0.699. The van der Waals surface area contributed by atoms with Crippen LogP contribution in [0.5, 0.6) is 0 Å². The molecular weight excluding hydrogens is 232 g/mol. The number of aliphatic hydroxyl groups excluding tert-OH is 1. The van der Waals surface area contributed by atoms with Gasteiger partial charge in [0.05, 0.1) is 24.0 Å². The zero-order valence-corrected chi connectivity index (χ0v) is 11.2. The van der Waals surface area contributed by atoms with Crippen molar-refractivity contribution in [3.8, 4) is 0 Å². The molecule has 6 nitrogen and oxygen atoms in total. The molecule has 1 heterocycles. The second-order valence-corrected chi connectivity index (χ2v) is 4.36. The number of carbonyl (C=O) groups is 1. The van der Waals surface area contributed by atoms with Crippen molar-refractivity contribution in [1.82, 2.24) is 15.1 Å². The number of nitrogens with two attached hydrogens (primary N) is 1. The predicted octanol–water partition coefficient (Wildman–Crippen LogP) is 0.766. The number of nitrogens with zero attached hydrogens (tertiary/aromatic N) is 2. The summed E-state index contributed by atoms with van der Waals surface area (Å²) in [5.41, 5.74) is 5.88. The summed E-state index contributed by atoms with van der Waals surface area (Å²) in [5, 5.41) is 16.3. The molecule has 0 saturated carbocycles. The maximum Gasteiger partial charge on any atom is 0.272 e. The van der Waals surface area contributed by atoms with E-state index in [-0.39, 0.29) is 12.5 Å². The van der Waals surface area contributed by atoms with Crippen LogP contribution in [0.2, 0.25) is 0 Å². The summed E-state index contributed by atoms with van der Waals surface area (Å²) in [6, 6.07) is 0. The highest BCUT2D eigenvalue weighted by molar-refractivity contribution is 5.97. The second kappa shape index (κ2) is 5.86. The van der Waals surface area contributed by atoms with Crippen LogP contribution in [-0.2, 0) is 6.54 Å². The summed E-state index contributed by atoms with van der Waals surface area (Å²) in [7, 11) is 0. The van der Waals surface area contributed by atoms with E-state index < -0.39 is 5.54 Å². The molecule has 0 fully saturated rings. The molecule has 6 heteroatoms. The first kappa shape index (κ1) is 14.5.